The van der Waals surface area contributed by atoms with Crippen LogP contribution in [0.5, 0.6) is 0 Å². The topological polar surface area (TPSA) is 50.2 Å². The lowest BCUT2D eigenvalue weighted by Gasteiger charge is -2.06. The predicted octanol–water partition coefficient (Wildman–Crippen LogP) is 4.35. The molecular weight excluding hydrogens is 338 g/mol. The lowest BCUT2D eigenvalue weighted by molar-refractivity contribution is 0.0693. The van der Waals surface area contributed by atoms with Crippen LogP contribution in [0.3, 0.4) is 0 Å². The molecule has 0 amide bonds. The predicted molar refractivity (Wildman–Crippen MR) is 74.5 cm³/mol. The van der Waals surface area contributed by atoms with Crippen LogP contribution in [-0.4, -0.2) is 16.1 Å². The average molecular weight is 345 g/mol. The highest BCUT2D eigenvalue weighted by atomic mass is 79.9. The number of nitrogens with zero attached hydrogens (tertiary/aromatic N) is 1. The second kappa shape index (κ2) is 5.73. The molecule has 2 rings (SSSR count). The summed E-state index contributed by atoms with van der Waals surface area (Å²) in [6.45, 7) is 0. The van der Waals surface area contributed by atoms with Crippen molar-refractivity contribution in [3.8, 4) is 0 Å². The second-order valence-corrected chi connectivity index (χ2v) is 5.67. The molecule has 3 nitrogen and oxygen atoms in total. The van der Waals surface area contributed by atoms with Crippen LogP contribution in [0, 0.1) is 0 Å². The summed E-state index contributed by atoms with van der Waals surface area (Å²) >= 11 is 10.4. The van der Waals surface area contributed by atoms with Crippen LogP contribution in [0.2, 0.25) is 5.02 Å². The van der Waals surface area contributed by atoms with Gasteiger partial charge >= 0.3 is 5.97 Å². The third-order valence-corrected chi connectivity index (χ3v) is 4.27. The molecule has 6 heteroatoms. The monoisotopic (exact) mass is 343 g/mol. The number of benzene rings is 1. The van der Waals surface area contributed by atoms with Crippen LogP contribution in [-0.2, 0) is 0 Å². The van der Waals surface area contributed by atoms with Crippen molar-refractivity contribution in [2.45, 2.75) is 9.92 Å². The van der Waals surface area contributed by atoms with Gasteiger partial charge in [0.05, 0.1) is 15.1 Å². The summed E-state index contributed by atoms with van der Waals surface area (Å²) in [4.78, 5) is 15.9. The number of carboxylic acids is 1. The maximum atomic E-state index is 11.1. The molecule has 0 aliphatic heterocycles. The Bertz CT molecular complexity index is 606. The average Bonchev–Trinajstić information content (AvgIpc) is 2.33. The Morgan fingerprint density at radius 3 is 2.78 bits per heavy atom. The molecule has 0 saturated carbocycles. The van der Waals surface area contributed by atoms with E-state index < -0.39 is 5.97 Å². The summed E-state index contributed by atoms with van der Waals surface area (Å²) in [7, 11) is 0. The Balaban J connectivity index is 2.37. The Morgan fingerprint density at radius 2 is 2.11 bits per heavy atom. The molecular formula is C12H7BrClNO2S. The molecule has 1 N–H and O–H groups in total. The third-order valence-electron chi connectivity index (χ3n) is 2.10. The minimum absolute atomic E-state index is 0.256. The van der Waals surface area contributed by atoms with Crippen LogP contribution >= 0.6 is 39.3 Å². The second-order valence-electron chi connectivity index (χ2n) is 3.34. The van der Waals surface area contributed by atoms with Gasteiger partial charge in [-0.1, -0.05) is 35.5 Å². The molecule has 0 spiro atoms. The van der Waals surface area contributed by atoms with E-state index in [1.54, 1.807) is 30.3 Å². The van der Waals surface area contributed by atoms with Gasteiger partial charge in [0.25, 0.3) is 0 Å². The molecule has 1 aromatic heterocycles. The van der Waals surface area contributed by atoms with Crippen molar-refractivity contribution in [3.63, 3.8) is 0 Å². The summed E-state index contributed by atoms with van der Waals surface area (Å²) in [6.07, 6.45) is 1.53. The van der Waals surface area contributed by atoms with Crippen molar-refractivity contribution in [2.24, 2.45) is 0 Å². The first-order valence-electron chi connectivity index (χ1n) is 4.89. The Morgan fingerprint density at radius 1 is 1.39 bits per heavy atom. The summed E-state index contributed by atoms with van der Waals surface area (Å²) < 4.78 is 0.736. The molecule has 0 fully saturated rings. The van der Waals surface area contributed by atoms with Crippen LogP contribution in [0.15, 0.2) is 50.9 Å². The van der Waals surface area contributed by atoms with Crippen LogP contribution in [0.4, 0.5) is 0 Å². The van der Waals surface area contributed by atoms with Crippen molar-refractivity contribution in [1.82, 2.24) is 4.98 Å². The van der Waals surface area contributed by atoms with E-state index in [1.165, 1.54) is 18.0 Å². The maximum Gasteiger partial charge on any atom is 0.336 e. The lowest BCUT2D eigenvalue weighted by atomic mass is 10.2. The number of hydrogen-bond donors (Lipinski definition) is 1. The molecule has 0 saturated heterocycles. The highest BCUT2D eigenvalue weighted by Crippen LogP contribution is 2.34. The van der Waals surface area contributed by atoms with Crippen molar-refractivity contribution < 1.29 is 9.90 Å². The third kappa shape index (κ3) is 3.04. The Hall–Kier alpha value is -1.04. The van der Waals surface area contributed by atoms with Gasteiger partial charge in [-0.3, -0.25) is 0 Å². The maximum absolute atomic E-state index is 11.1. The standard InChI is InChI=1S/C12H7BrClNO2S/c13-9-5-7(14)6-15-11(9)18-10-4-2-1-3-8(10)12(16)17/h1-6H,(H,16,17). The SMILES string of the molecule is O=C(O)c1ccccc1Sc1ncc(Cl)cc1Br. The van der Waals surface area contributed by atoms with Crippen LogP contribution in [0.1, 0.15) is 10.4 Å². The number of rotatable bonds is 3. The highest BCUT2D eigenvalue weighted by molar-refractivity contribution is 9.10. The quantitative estimate of drug-likeness (QED) is 0.899. The lowest BCUT2D eigenvalue weighted by Crippen LogP contribution is -1.98. The normalized spacial score (nSPS) is 10.3. The van der Waals surface area contributed by atoms with Crippen molar-refractivity contribution in [3.05, 3.63) is 51.6 Å². The van der Waals surface area contributed by atoms with Gasteiger partial charge in [-0.25, -0.2) is 9.78 Å². The largest absolute Gasteiger partial charge is 0.478 e. The van der Waals surface area contributed by atoms with Crippen LogP contribution < -0.4 is 0 Å². The molecule has 2 aromatic rings. The fourth-order valence-corrected chi connectivity index (χ4v) is 3.08. The molecule has 0 radical (unpaired) electrons. The molecule has 92 valence electrons. The number of carbonyl (C=O) groups is 1. The summed E-state index contributed by atoms with van der Waals surface area (Å²) in [6, 6.07) is 8.52. The van der Waals surface area contributed by atoms with Crippen molar-refractivity contribution in [1.29, 1.82) is 0 Å². The van der Waals surface area contributed by atoms with E-state index in [4.69, 9.17) is 16.7 Å². The first-order chi connectivity index (χ1) is 8.58. The van der Waals surface area contributed by atoms with E-state index in [2.05, 4.69) is 20.9 Å². The van der Waals surface area contributed by atoms with Gasteiger partial charge in [0, 0.05) is 11.1 Å². The summed E-state index contributed by atoms with van der Waals surface area (Å²) in [5.41, 5.74) is 0.256. The zero-order valence-corrected chi connectivity index (χ0v) is 12.1. The number of hydrogen-bond acceptors (Lipinski definition) is 3. The number of aromatic nitrogens is 1. The Kier molecular flexibility index (Phi) is 4.27. The molecule has 0 atom stereocenters. The van der Waals surface area contributed by atoms with E-state index in [1.807, 2.05) is 0 Å². The number of pyridine rings is 1. The number of aromatic carboxylic acids is 1. The fourth-order valence-electron chi connectivity index (χ4n) is 1.31. The van der Waals surface area contributed by atoms with Gasteiger partial charge in [-0.15, -0.1) is 0 Å². The molecule has 0 aliphatic carbocycles. The van der Waals surface area contributed by atoms with Crippen molar-refractivity contribution >= 4 is 45.3 Å². The first-order valence-corrected chi connectivity index (χ1v) is 6.88. The molecule has 18 heavy (non-hydrogen) atoms. The van der Waals surface area contributed by atoms with Gasteiger partial charge in [-0.2, -0.15) is 0 Å². The highest BCUT2D eigenvalue weighted by Gasteiger charge is 2.12. The fraction of sp³-hybridized carbons (Fsp3) is 0. The van der Waals surface area contributed by atoms with Crippen molar-refractivity contribution in [2.75, 3.05) is 0 Å². The number of halogens is 2. The number of carboxylic acid groups (broad SMARTS) is 1. The molecule has 0 aliphatic rings. The minimum atomic E-state index is -0.955. The van der Waals surface area contributed by atoms with Gasteiger partial charge in [0.2, 0.25) is 0 Å². The van der Waals surface area contributed by atoms with E-state index in [0.717, 1.165) is 4.47 Å². The smallest absolute Gasteiger partial charge is 0.336 e. The van der Waals surface area contributed by atoms with E-state index >= 15 is 0 Å². The van der Waals surface area contributed by atoms with Crippen LogP contribution in [0.25, 0.3) is 0 Å². The van der Waals surface area contributed by atoms with Gasteiger partial charge in [0.15, 0.2) is 0 Å². The first kappa shape index (κ1) is 13.4. The van der Waals surface area contributed by atoms with Gasteiger partial charge in [0.1, 0.15) is 5.03 Å². The Labute approximate surface area is 121 Å². The molecule has 0 bridgehead atoms. The zero-order valence-electron chi connectivity index (χ0n) is 8.93. The van der Waals surface area contributed by atoms with Gasteiger partial charge in [-0.05, 0) is 34.1 Å². The van der Waals surface area contributed by atoms with E-state index in [0.29, 0.717) is 14.9 Å². The van der Waals surface area contributed by atoms with Gasteiger partial charge < -0.3 is 5.11 Å². The van der Waals surface area contributed by atoms with E-state index in [-0.39, 0.29) is 5.56 Å². The molecule has 1 aromatic carbocycles. The minimum Gasteiger partial charge on any atom is -0.478 e. The van der Waals surface area contributed by atoms with E-state index in [9.17, 15) is 4.79 Å². The summed E-state index contributed by atoms with van der Waals surface area (Å²) in [5.74, 6) is -0.955. The molecule has 1 heterocycles. The summed E-state index contributed by atoms with van der Waals surface area (Å²) in [5, 5.41) is 10.3. The molecule has 0 unspecified atom stereocenters. The zero-order chi connectivity index (χ0) is 13.1.